The number of carboxylic acid groups (broad SMARTS) is 1. The van der Waals surface area contributed by atoms with Crippen LogP contribution in [0.25, 0.3) is 0 Å². The van der Waals surface area contributed by atoms with E-state index in [0.717, 1.165) is 122 Å². The summed E-state index contributed by atoms with van der Waals surface area (Å²) in [7, 11) is 0. The molecule has 0 bridgehead atoms. The molecule has 1 saturated heterocycles. The molecule has 12 heteroatoms. The van der Waals surface area contributed by atoms with Crippen molar-refractivity contribution >= 4 is 23.9 Å². The van der Waals surface area contributed by atoms with Gasteiger partial charge >= 0.3 is 23.9 Å². The average Bonchev–Trinajstić information content (AvgIpc) is 3.54. The number of carboxylic acids is 1. The van der Waals surface area contributed by atoms with Crippen LogP contribution in [0.2, 0.25) is 0 Å². The molecule has 3 N–H and O–H groups in total. The topological polar surface area (TPSA) is 175 Å². The first-order valence-corrected chi connectivity index (χ1v) is 31.5. The normalized spacial score (nSPS) is 18.6. The van der Waals surface area contributed by atoms with Gasteiger partial charge in [0, 0.05) is 19.3 Å². The molecule has 1 heterocycles. The Hall–Kier alpha value is -4.88. The summed E-state index contributed by atoms with van der Waals surface area (Å²) in [6.07, 6.45) is 64.5. The summed E-state index contributed by atoms with van der Waals surface area (Å²) in [4.78, 5) is 51.3. The maximum Gasteiger partial charge on any atom is 0.335 e. The van der Waals surface area contributed by atoms with Crippen molar-refractivity contribution in [2.45, 2.75) is 276 Å². The van der Waals surface area contributed by atoms with E-state index in [1.54, 1.807) is 0 Å². The molecule has 0 aromatic heterocycles. The van der Waals surface area contributed by atoms with E-state index in [1.807, 2.05) is 0 Å². The third-order valence-electron chi connectivity index (χ3n) is 13.5. The number of aliphatic hydroxyl groups excluding tert-OH is 2. The Morgan fingerprint density at radius 2 is 0.778 bits per heavy atom. The lowest BCUT2D eigenvalue weighted by molar-refractivity contribution is -0.301. The van der Waals surface area contributed by atoms with E-state index < -0.39 is 67.3 Å². The first-order chi connectivity index (χ1) is 39.6. The minimum absolute atomic E-state index is 0.0112. The molecular formula is C69H110O12. The second kappa shape index (κ2) is 55.6. The number of rotatable bonds is 52. The molecule has 0 radical (unpaired) electrons. The van der Waals surface area contributed by atoms with E-state index in [1.165, 1.54) is 57.8 Å². The van der Waals surface area contributed by atoms with Crippen molar-refractivity contribution in [3.8, 4) is 0 Å². The number of esters is 3. The van der Waals surface area contributed by atoms with Gasteiger partial charge in [-0.2, -0.15) is 0 Å². The Kier molecular flexibility index (Phi) is 50.9. The molecule has 1 aliphatic rings. The highest BCUT2D eigenvalue weighted by Crippen LogP contribution is 2.26. The monoisotopic (exact) mass is 1130 g/mol. The molecule has 1 fully saturated rings. The van der Waals surface area contributed by atoms with Crippen LogP contribution in [-0.2, 0) is 42.9 Å². The van der Waals surface area contributed by atoms with Gasteiger partial charge in [0.2, 0.25) is 0 Å². The van der Waals surface area contributed by atoms with Crippen LogP contribution in [0.1, 0.15) is 239 Å². The van der Waals surface area contributed by atoms with E-state index in [9.17, 15) is 34.5 Å². The van der Waals surface area contributed by atoms with Crippen molar-refractivity contribution in [1.29, 1.82) is 0 Å². The third kappa shape index (κ3) is 45.3. The number of carbonyl (C=O) groups is 4. The van der Waals surface area contributed by atoms with E-state index >= 15 is 0 Å². The predicted molar refractivity (Wildman–Crippen MR) is 330 cm³/mol. The summed E-state index contributed by atoms with van der Waals surface area (Å²) in [6, 6.07) is 0. The molecule has 6 atom stereocenters. The van der Waals surface area contributed by atoms with E-state index in [2.05, 4.69) is 142 Å². The Bertz CT molecular complexity index is 1870. The van der Waals surface area contributed by atoms with Gasteiger partial charge in [-0.25, -0.2) is 4.79 Å². The van der Waals surface area contributed by atoms with Crippen molar-refractivity contribution in [2.24, 2.45) is 0 Å². The highest BCUT2D eigenvalue weighted by atomic mass is 16.7. The quantitative estimate of drug-likeness (QED) is 0.0228. The summed E-state index contributed by atoms with van der Waals surface area (Å²) in [6.45, 7) is 5.70. The number of carbonyl (C=O) groups excluding carboxylic acids is 3. The van der Waals surface area contributed by atoms with Crippen LogP contribution < -0.4 is 0 Å². The summed E-state index contributed by atoms with van der Waals surface area (Å²) in [5.41, 5.74) is 0. The highest BCUT2D eigenvalue weighted by Gasteiger charge is 2.50. The van der Waals surface area contributed by atoms with Crippen LogP contribution in [0.15, 0.2) is 122 Å². The first-order valence-electron chi connectivity index (χ1n) is 31.5. The molecule has 0 aromatic rings. The van der Waals surface area contributed by atoms with Gasteiger partial charge in [0.1, 0.15) is 18.8 Å². The second-order valence-corrected chi connectivity index (χ2v) is 20.9. The summed E-state index contributed by atoms with van der Waals surface area (Å²) in [5.74, 6) is -3.22. The SMILES string of the molecule is CC/C=C\C/C=C\C/C=C\C/C=C\C/C=C\CCCCCC(=O)OC1C(OCC(COC(=O)CCCCCCCCCCC/C=C\C/C=C\CCCCC)OC(=O)CCCCC/C=C\C/C=C\C/C=C\CC)OC(C(=O)O)C(O)C1O. The molecule has 1 rings (SSSR count). The Balaban J connectivity index is 2.69. The number of aliphatic hydroxyl groups is 2. The minimum atomic E-state index is -1.93. The zero-order valence-electron chi connectivity index (χ0n) is 50.5. The molecule has 0 amide bonds. The standard InChI is InChI=1S/C69H110O12/c1-4-7-10-13-16-19-22-25-27-29-31-33-35-38-40-43-46-49-52-55-61(70)77-58-60(79-62(71)56-53-50-47-44-41-37-24-21-18-15-12-9-6-3)59-78-69-67(65(74)64(73)66(81-69)68(75)76)80-63(72)57-54-51-48-45-42-39-36-34-32-30-28-26-23-20-17-14-11-8-5-2/h8-9,11-12,16-21,25-28,32,34,37,39,41-42,60,64-67,69,73-74H,4-7,10,13-15,22-24,29-31,33,35-36,38,40,43-59H2,1-3H3,(H,75,76)/b11-8-,12-9-,19-16-,20-17-,21-18-,27-25-,28-26-,34-32-,41-37-,42-39-. The smallest absolute Gasteiger partial charge is 0.335 e. The minimum Gasteiger partial charge on any atom is -0.479 e. The van der Waals surface area contributed by atoms with Gasteiger partial charge in [-0.15, -0.1) is 0 Å². The fourth-order valence-corrected chi connectivity index (χ4v) is 8.73. The molecule has 458 valence electrons. The summed E-state index contributed by atoms with van der Waals surface area (Å²) >= 11 is 0. The molecule has 0 spiro atoms. The molecule has 12 nitrogen and oxygen atoms in total. The summed E-state index contributed by atoms with van der Waals surface area (Å²) in [5, 5.41) is 31.6. The van der Waals surface area contributed by atoms with Crippen molar-refractivity contribution in [3.63, 3.8) is 0 Å². The van der Waals surface area contributed by atoms with Crippen LogP contribution in [-0.4, -0.2) is 89.2 Å². The Labute approximate surface area is 490 Å². The number of ether oxygens (including phenoxy) is 5. The van der Waals surface area contributed by atoms with Gasteiger partial charge in [0.05, 0.1) is 6.61 Å². The summed E-state index contributed by atoms with van der Waals surface area (Å²) < 4.78 is 28.4. The van der Waals surface area contributed by atoms with Gasteiger partial charge in [-0.05, 0) is 128 Å². The molecular weight excluding hydrogens is 1020 g/mol. The molecule has 81 heavy (non-hydrogen) atoms. The maximum absolute atomic E-state index is 13.2. The Morgan fingerprint density at radius 1 is 0.420 bits per heavy atom. The van der Waals surface area contributed by atoms with Gasteiger partial charge in [0.25, 0.3) is 0 Å². The predicted octanol–water partition coefficient (Wildman–Crippen LogP) is 16.8. The first kappa shape index (κ1) is 74.1. The number of hydrogen-bond acceptors (Lipinski definition) is 11. The number of unbranched alkanes of at least 4 members (excludes halogenated alkanes) is 18. The van der Waals surface area contributed by atoms with E-state index in [4.69, 9.17) is 23.7 Å². The lowest BCUT2D eigenvalue weighted by atomic mass is 9.98. The largest absolute Gasteiger partial charge is 0.479 e. The van der Waals surface area contributed by atoms with Gasteiger partial charge < -0.3 is 39.0 Å². The van der Waals surface area contributed by atoms with Crippen LogP contribution in [0.5, 0.6) is 0 Å². The van der Waals surface area contributed by atoms with Crippen LogP contribution in [0.3, 0.4) is 0 Å². The van der Waals surface area contributed by atoms with Crippen LogP contribution in [0, 0.1) is 0 Å². The van der Waals surface area contributed by atoms with Crippen LogP contribution >= 0.6 is 0 Å². The lowest BCUT2D eigenvalue weighted by Crippen LogP contribution is -2.61. The second-order valence-electron chi connectivity index (χ2n) is 20.9. The van der Waals surface area contributed by atoms with Gasteiger partial charge in [-0.3, -0.25) is 14.4 Å². The average molecular weight is 1130 g/mol. The molecule has 0 aromatic carbocycles. The maximum atomic E-state index is 13.2. The number of allylic oxidation sites excluding steroid dienone is 20. The van der Waals surface area contributed by atoms with Crippen molar-refractivity contribution < 1.29 is 58.2 Å². The molecule has 6 unspecified atom stereocenters. The van der Waals surface area contributed by atoms with Gasteiger partial charge in [0.15, 0.2) is 24.6 Å². The lowest BCUT2D eigenvalue weighted by Gasteiger charge is -2.40. The third-order valence-corrected chi connectivity index (χ3v) is 13.5. The van der Waals surface area contributed by atoms with E-state index in [0.29, 0.717) is 19.3 Å². The van der Waals surface area contributed by atoms with Crippen LogP contribution in [0.4, 0.5) is 0 Å². The molecule has 0 saturated carbocycles. The molecule has 0 aliphatic carbocycles. The van der Waals surface area contributed by atoms with E-state index in [-0.39, 0.29) is 25.9 Å². The molecule has 1 aliphatic heterocycles. The van der Waals surface area contributed by atoms with Gasteiger partial charge in [-0.1, -0.05) is 213 Å². The van der Waals surface area contributed by atoms with Crippen molar-refractivity contribution in [1.82, 2.24) is 0 Å². The van der Waals surface area contributed by atoms with Crippen molar-refractivity contribution in [2.75, 3.05) is 13.2 Å². The number of aliphatic carboxylic acids is 1. The fourth-order valence-electron chi connectivity index (χ4n) is 8.73. The fraction of sp³-hybridized carbons (Fsp3) is 0.652. The Morgan fingerprint density at radius 3 is 1.20 bits per heavy atom. The zero-order chi connectivity index (χ0) is 58.9. The van der Waals surface area contributed by atoms with Crippen molar-refractivity contribution in [3.05, 3.63) is 122 Å². The number of hydrogen-bond donors (Lipinski definition) is 3. The zero-order valence-corrected chi connectivity index (χ0v) is 50.5. The highest BCUT2D eigenvalue weighted by molar-refractivity contribution is 5.74.